The van der Waals surface area contributed by atoms with E-state index in [2.05, 4.69) is 191 Å². The van der Waals surface area contributed by atoms with Crippen LogP contribution in [0.25, 0.3) is 89.7 Å². The van der Waals surface area contributed by atoms with Crippen molar-refractivity contribution in [2.45, 2.75) is 0 Å². The molecule has 3 heterocycles. The minimum Gasteiger partial charge on any atom is -0.310 e. The Hall–Kier alpha value is -6.46. The maximum Gasteiger partial charge on any atom is 0.0726 e. The van der Waals surface area contributed by atoms with Gasteiger partial charge in [0.2, 0.25) is 0 Å². The van der Waals surface area contributed by atoms with E-state index in [4.69, 9.17) is 0 Å². The van der Waals surface area contributed by atoms with Crippen LogP contribution in [0, 0.1) is 0 Å². The van der Waals surface area contributed by atoms with Crippen molar-refractivity contribution in [3.8, 4) is 16.8 Å². The zero-order chi connectivity index (χ0) is 35.3. The Morgan fingerprint density at radius 3 is 1.57 bits per heavy atom. The van der Waals surface area contributed by atoms with E-state index >= 15 is 0 Å². The van der Waals surface area contributed by atoms with Crippen molar-refractivity contribution >= 4 is 113 Å². The Morgan fingerprint density at radius 1 is 0.370 bits per heavy atom. The smallest absolute Gasteiger partial charge is 0.0726 e. The van der Waals surface area contributed by atoms with Crippen molar-refractivity contribution in [1.29, 1.82) is 0 Å². The standard InChI is InChI=1S/C50H30N2S2/c1-4-12-31(13-5-1)32-22-24-37(25-23-32)51(35-14-6-2-7-15-35)38-26-27-40-42-29-34-21-20-33-28-41-39-18-10-11-19-43(39)53-49(41)47-45(33)46(34)48(50(42)54-44(40)30-38)52(47)36-16-8-3-9-17-36/h1-30H. The lowest BCUT2D eigenvalue weighted by atomic mass is 9.98. The molecule has 0 bridgehead atoms. The number of thiophene rings is 2. The van der Waals surface area contributed by atoms with Crippen LogP contribution in [0.2, 0.25) is 0 Å². The highest BCUT2D eigenvalue weighted by Crippen LogP contribution is 2.51. The van der Waals surface area contributed by atoms with Crippen LogP contribution in [0.5, 0.6) is 0 Å². The fourth-order valence-electron chi connectivity index (χ4n) is 8.70. The first kappa shape index (κ1) is 30.0. The largest absolute Gasteiger partial charge is 0.310 e. The van der Waals surface area contributed by atoms with Crippen LogP contribution in [0.1, 0.15) is 0 Å². The molecule has 12 rings (SSSR count). The van der Waals surface area contributed by atoms with Gasteiger partial charge in [0.1, 0.15) is 0 Å². The first-order chi connectivity index (χ1) is 26.8. The van der Waals surface area contributed by atoms with Gasteiger partial charge >= 0.3 is 0 Å². The van der Waals surface area contributed by atoms with Crippen LogP contribution in [0.4, 0.5) is 17.1 Å². The highest BCUT2D eigenvalue weighted by atomic mass is 32.1. The summed E-state index contributed by atoms with van der Waals surface area (Å²) in [5.74, 6) is 0. The normalized spacial score (nSPS) is 12.1. The average molecular weight is 723 g/mol. The number of hydrogen-bond acceptors (Lipinski definition) is 3. The Balaban J connectivity index is 1.13. The molecule has 0 N–H and O–H groups in total. The quantitative estimate of drug-likeness (QED) is 0.161. The SMILES string of the molecule is c1ccc(-c2ccc(N(c3ccccc3)c3ccc4c(c3)sc3c4cc4ccc5cc6c7ccccc7sc6c6c5c4c3n6-c3ccccc3)cc2)cc1. The third kappa shape index (κ3) is 4.32. The molecule has 0 aliphatic carbocycles. The Bertz CT molecular complexity index is 3360. The zero-order valence-electron chi connectivity index (χ0n) is 29.0. The molecule has 0 atom stereocenters. The van der Waals surface area contributed by atoms with Crippen LogP contribution in [-0.4, -0.2) is 4.57 Å². The van der Waals surface area contributed by atoms with Crippen LogP contribution < -0.4 is 4.90 Å². The first-order valence-corrected chi connectivity index (χ1v) is 20.0. The molecular weight excluding hydrogens is 693 g/mol. The van der Waals surface area contributed by atoms with Crippen LogP contribution in [0.15, 0.2) is 182 Å². The second-order valence-electron chi connectivity index (χ2n) is 14.1. The molecule has 54 heavy (non-hydrogen) atoms. The molecule has 0 aliphatic heterocycles. The second kappa shape index (κ2) is 11.5. The maximum absolute atomic E-state index is 2.57. The average Bonchev–Trinajstić information content (AvgIpc) is 3.91. The van der Waals surface area contributed by atoms with Gasteiger partial charge in [-0.15, -0.1) is 22.7 Å². The highest BCUT2D eigenvalue weighted by molar-refractivity contribution is 7.27. The molecule has 0 amide bonds. The third-order valence-electron chi connectivity index (χ3n) is 11.1. The fourth-order valence-corrected chi connectivity index (χ4v) is 11.2. The van der Waals surface area contributed by atoms with Crippen LogP contribution in [0.3, 0.4) is 0 Å². The maximum atomic E-state index is 2.57. The van der Waals surface area contributed by atoms with Gasteiger partial charge in [-0.3, -0.25) is 0 Å². The van der Waals surface area contributed by atoms with Gasteiger partial charge in [-0.05, 0) is 88.6 Å². The Labute approximate surface area is 319 Å². The van der Waals surface area contributed by atoms with Gasteiger partial charge in [-0.2, -0.15) is 0 Å². The van der Waals surface area contributed by atoms with E-state index in [1.165, 1.54) is 89.7 Å². The van der Waals surface area contributed by atoms with Crippen molar-refractivity contribution < 1.29 is 0 Å². The lowest BCUT2D eigenvalue weighted by Crippen LogP contribution is -2.09. The summed E-state index contributed by atoms with van der Waals surface area (Å²) in [4.78, 5) is 2.38. The van der Waals surface area contributed by atoms with E-state index < -0.39 is 0 Å². The molecule has 0 saturated heterocycles. The molecule has 3 aromatic heterocycles. The van der Waals surface area contributed by atoms with Crippen molar-refractivity contribution in [3.63, 3.8) is 0 Å². The van der Waals surface area contributed by atoms with E-state index in [-0.39, 0.29) is 0 Å². The first-order valence-electron chi connectivity index (χ1n) is 18.3. The third-order valence-corrected chi connectivity index (χ3v) is 13.5. The molecule has 0 saturated carbocycles. The topological polar surface area (TPSA) is 8.17 Å². The molecular formula is C50H30N2S2. The number of para-hydroxylation sites is 2. The van der Waals surface area contributed by atoms with Crippen molar-refractivity contribution in [1.82, 2.24) is 4.57 Å². The molecule has 2 nitrogen and oxygen atoms in total. The summed E-state index contributed by atoms with van der Waals surface area (Å²) in [5, 5.41) is 10.6. The second-order valence-corrected chi connectivity index (χ2v) is 16.2. The summed E-state index contributed by atoms with van der Waals surface area (Å²) in [6.07, 6.45) is 0. The van der Waals surface area contributed by atoms with Crippen molar-refractivity contribution in [3.05, 3.63) is 182 Å². The number of benzene rings is 9. The molecule has 0 fully saturated rings. The molecule has 0 unspecified atom stereocenters. The number of hydrogen-bond donors (Lipinski definition) is 0. The van der Waals surface area contributed by atoms with Crippen LogP contribution >= 0.6 is 22.7 Å². The van der Waals surface area contributed by atoms with Crippen molar-refractivity contribution in [2.24, 2.45) is 0 Å². The van der Waals surface area contributed by atoms with Gasteiger partial charge < -0.3 is 9.47 Å². The number of aromatic nitrogens is 1. The van der Waals surface area contributed by atoms with Gasteiger partial charge in [-0.25, -0.2) is 0 Å². The molecule has 0 aliphatic rings. The summed E-state index contributed by atoms with van der Waals surface area (Å²) in [5.41, 5.74) is 9.66. The Kier molecular flexibility index (Phi) is 6.41. The summed E-state index contributed by atoms with van der Waals surface area (Å²) in [6.45, 7) is 0. The molecule has 12 aromatic rings. The molecule has 4 heteroatoms. The van der Waals surface area contributed by atoms with Gasteiger partial charge in [0.25, 0.3) is 0 Å². The lowest BCUT2D eigenvalue weighted by molar-refractivity contribution is 1.20. The summed E-state index contributed by atoms with van der Waals surface area (Å²) in [7, 11) is 0. The molecule has 0 radical (unpaired) electrons. The van der Waals surface area contributed by atoms with Crippen LogP contribution in [-0.2, 0) is 0 Å². The molecule has 0 spiro atoms. The van der Waals surface area contributed by atoms with Gasteiger partial charge in [-0.1, -0.05) is 115 Å². The van der Waals surface area contributed by atoms with Gasteiger partial charge in [0.05, 0.1) is 20.4 Å². The monoisotopic (exact) mass is 722 g/mol. The zero-order valence-corrected chi connectivity index (χ0v) is 30.7. The number of nitrogens with zero attached hydrogens (tertiary/aromatic N) is 2. The predicted molar refractivity (Wildman–Crippen MR) is 235 cm³/mol. The summed E-state index contributed by atoms with van der Waals surface area (Å²) in [6, 6.07) is 66.7. The van der Waals surface area contributed by atoms with Gasteiger partial charge in [0, 0.05) is 64.5 Å². The Morgan fingerprint density at radius 2 is 0.889 bits per heavy atom. The predicted octanol–water partition coefficient (Wildman–Crippen LogP) is 15.2. The summed E-state index contributed by atoms with van der Waals surface area (Å²) < 4.78 is 7.87. The van der Waals surface area contributed by atoms with Crippen molar-refractivity contribution in [2.75, 3.05) is 4.90 Å². The number of fused-ring (bicyclic) bond motifs is 8. The highest BCUT2D eigenvalue weighted by Gasteiger charge is 2.25. The van der Waals surface area contributed by atoms with E-state index in [0.29, 0.717) is 0 Å². The lowest BCUT2D eigenvalue weighted by Gasteiger charge is -2.25. The van der Waals surface area contributed by atoms with Gasteiger partial charge in [0.15, 0.2) is 0 Å². The fraction of sp³-hybridized carbons (Fsp3) is 0. The van der Waals surface area contributed by atoms with E-state index in [1.54, 1.807) is 0 Å². The number of rotatable bonds is 5. The molecule has 9 aromatic carbocycles. The van der Waals surface area contributed by atoms with E-state index in [9.17, 15) is 0 Å². The van der Waals surface area contributed by atoms with E-state index in [0.717, 1.165) is 17.1 Å². The van der Waals surface area contributed by atoms with E-state index in [1.807, 2.05) is 22.7 Å². The number of anilines is 3. The summed E-state index contributed by atoms with van der Waals surface area (Å²) >= 11 is 3.84. The minimum atomic E-state index is 1.13. The minimum absolute atomic E-state index is 1.13. The molecule has 252 valence electrons.